The quantitative estimate of drug-likeness (QED) is 0.123. The van der Waals surface area contributed by atoms with Crippen LogP contribution in [0.2, 0.25) is 18.6 Å². The fourth-order valence-corrected chi connectivity index (χ4v) is 11.2. The van der Waals surface area contributed by atoms with E-state index in [1.807, 2.05) is 116 Å². The Morgan fingerprint density at radius 2 is 1.70 bits per heavy atom. The summed E-state index contributed by atoms with van der Waals surface area (Å²) in [5, 5.41) is 18.9. The second-order valence-corrected chi connectivity index (χ2v) is 18.5. The smallest absolute Gasteiger partial charge is 0.269 e. The number of ether oxygens (including phenoxy) is 2. The normalized spacial score (nSPS) is 22.9. The number of fused-ring (bicyclic) bond motifs is 3. The van der Waals surface area contributed by atoms with Gasteiger partial charge < -0.3 is 23.6 Å². The van der Waals surface area contributed by atoms with Gasteiger partial charge in [-0.3, -0.25) is 19.2 Å². The minimum Gasteiger partial charge on any atom is -0.482 e. The van der Waals surface area contributed by atoms with Crippen LogP contribution in [0.1, 0.15) is 41.6 Å². The number of carbonyl (C=O) groups is 2. The molecule has 2 amide bonds. The van der Waals surface area contributed by atoms with E-state index >= 15 is 4.11 Å². The van der Waals surface area contributed by atoms with Gasteiger partial charge in [-0.1, -0.05) is 84.9 Å². The highest BCUT2D eigenvalue weighted by Crippen LogP contribution is 2.60. The van der Waals surface area contributed by atoms with E-state index in [0.29, 0.717) is 35.8 Å². The number of anilines is 3. The highest BCUT2D eigenvalue weighted by atomic mass is 28.4. The standard InChI is InChI=1S/C41H42FN5O5Si/c1-27-39(53(2,3)42)37(20-21-45-24-33(43-44-45)31(25-48)29-13-5-4-6-14-29)52-41(27)32-16-7-8-17-34(32)46(40(41)50)23-28-12-11-15-30(22-28)47-35-18-9-10-19-36(35)51-26-38(47)49/h4-19,22,24,27,31,37,39,48H,20-21,23,25-26H2,1-3H3/t27-,31?,37+,39-,41+/m0/s1. The molecule has 1 spiro atoms. The molecule has 1 N–H and O–H groups in total. The maximum absolute atomic E-state index is 16.4. The first kappa shape index (κ1) is 34.9. The van der Waals surface area contributed by atoms with Gasteiger partial charge in [-0.15, -0.1) is 5.10 Å². The number of nitrogens with zero attached hydrogens (tertiary/aromatic N) is 5. The van der Waals surface area contributed by atoms with Crippen LogP contribution in [0.5, 0.6) is 5.75 Å². The molecule has 1 fully saturated rings. The number of aromatic nitrogens is 3. The number of benzene rings is 4. The molecule has 1 aromatic heterocycles. The van der Waals surface area contributed by atoms with Crippen molar-refractivity contribution in [2.45, 2.75) is 62.7 Å². The molecular weight excluding hydrogens is 690 g/mol. The molecule has 3 aliphatic rings. The van der Waals surface area contributed by atoms with E-state index < -0.39 is 31.6 Å². The average Bonchev–Trinajstić information content (AvgIpc) is 3.82. The predicted molar refractivity (Wildman–Crippen MR) is 201 cm³/mol. The van der Waals surface area contributed by atoms with Crippen molar-refractivity contribution >= 4 is 37.3 Å². The zero-order valence-corrected chi connectivity index (χ0v) is 30.9. The van der Waals surface area contributed by atoms with Gasteiger partial charge in [-0.25, -0.2) is 0 Å². The van der Waals surface area contributed by atoms with Crippen molar-refractivity contribution in [1.29, 1.82) is 0 Å². The summed E-state index contributed by atoms with van der Waals surface area (Å²) in [5.41, 5.74) is 3.42. The summed E-state index contributed by atoms with van der Waals surface area (Å²) >= 11 is 0. The maximum Gasteiger partial charge on any atom is 0.269 e. The van der Waals surface area contributed by atoms with Crippen molar-refractivity contribution < 1.29 is 28.3 Å². The Bertz CT molecular complexity index is 2160. The summed E-state index contributed by atoms with van der Waals surface area (Å²) in [5.74, 6) is -0.520. The van der Waals surface area contributed by atoms with Crippen molar-refractivity contribution in [2.24, 2.45) is 5.92 Å². The van der Waals surface area contributed by atoms with Crippen LogP contribution in [0.25, 0.3) is 0 Å². The lowest BCUT2D eigenvalue weighted by atomic mass is 9.82. The first-order valence-corrected chi connectivity index (χ1v) is 21.0. The van der Waals surface area contributed by atoms with Crippen LogP contribution in [-0.4, -0.2) is 59.6 Å². The maximum atomic E-state index is 16.4. The molecule has 0 aliphatic carbocycles. The number of aliphatic hydroxyl groups excluding tert-OH is 1. The summed E-state index contributed by atoms with van der Waals surface area (Å²) in [6.07, 6.45) is 1.71. The number of aryl methyl sites for hydroxylation is 1. The molecule has 4 heterocycles. The van der Waals surface area contributed by atoms with Crippen LogP contribution in [0.3, 0.4) is 0 Å². The van der Waals surface area contributed by atoms with Gasteiger partial charge in [0.2, 0.25) is 8.41 Å². The Hall–Kier alpha value is -5.17. The fraction of sp³-hybridized carbons (Fsp3) is 0.317. The number of hydrogen-bond acceptors (Lipinski definition) is 7. The van der Waals surface area contributed by atoms with E-state index in [0.717, 1.165) is 22.4 Å². The third-order valence-electron chi connectivity index (χ3n) is 11.0. The molecular formula is C41H42FN5O5Si. The van der Waals surface area contributed by atoms with Gasteiger partial charge in [0.15, 0.2) is 12.2 Å². The highest BCUT2D eigenvalue weighted by molar-refractivity contribution is 6.72. The Balaban J connectivity index is 1.07. The summed E-state index contributed by atoms with van der Waals surface area (Å²) < 4.78 is 30.7. The van der Waals surface area contributed by atoms with Crippen LogP contribution < -0.4 is 14.5 Å². The highest BCUT2D eigenvalue weighted by Gasteiger charge is 2.66. The van der Waals surface area contributed by atoms with Gasteiger partial charge >= 0.3 is 0 Å². The molecule has 5 aromatic rings. The van der Waals surface area contributed by atoms with Gasteiger partial charge in [0.25, 0.3) is 11.8 Å². The molecule has 3 aliphatic heterocycles. The average molecular weight is 732 g/mol. The lowest BCUT2D eigenvalue weighted by Gasteiger charge is -2.31. The number of amides is 2. The Labute approximate surface area is 308 Å². The minimum absolute atomic E-state index is 0.0670. The third kappa shape index (κ3) is 6.04. The molecule has 5 atom stereocenters. The largest absolute Gasteiger partial charge is 0.482 e. The van der Waals surface area contributed by atoms with Crippen molar-refractivity contribution in [3.63, 3.8) is 0 Å². The lowest BCUT2D eigenvalue weighted by molar-refractivity contribution is -0.146. The van der Waals surface area contributed by atoms with Crippen LogP contribution in [0, 0.1) is 5.92 Å². The molecule has 1 unspecified atom stereocenters. The lowest BCUT2D eigenvalue weighted by Crippen LogP contribution is -2.45. The van der Waals surface area contributed by atoms with Gasteiger partial charge in [0.1, 0.15) is 5.75 Å². The molecule has 1 saturated heterocycles. The molecule has 4 aromatic carbocycles. The molecule has 8 rings (SSSR count). The molecule has 12 heteroatoms. The van der Waals surface area contributed by atoms with E-state index in [9.17, 15) is 14.7 Å². The van der Waals surface area contributed by atoms with Crippen molar-refractivity contribution in [3.05, 3.63) is 132 Å². The van der Waals surface area contributed by atoms with Crippen LogP contribution in [0.4, 0.5) is 21.2 Å². The summed E-state index contributed by atoms with van der Waals surface area (Å²) in [6.45, 7) is 5.82. The van der Waals surface area contributed by atoms with E-state index in [2.05, 4.69) is 10.3 Å². The molecule has 0 bridgehead atoms. The van der Waals surface area contributed by atoms with E-state index in [1.54, 1.807) is 27.6 Å². The summed E-state index contributed by atoms with van der Waals surface area (Å²) in [6, 6.07) is 32.4. The number of hydrogen-bond donors (Lipinski definition) is 1. The first-order valence-electron chi connectivity index (χ1n) is 18.1. The molecule has 10 nitrogen and oxygen atoms in total. The zero-order chi connectivity index (χ0) is 36.9. The van der Waals surface area contributed by atoms with E-state index in [-0.39, 0.29) is 37.5 Å². The van der Waals surface area contributed by atoms with Crippen molar-refractivity contribution in [3.8, 4) is 5.75 Å². The zero-order valence-electron chi connectivity index (χ0n) is 29.9. The molecule has 0 radical (unpaired) electrons. The summed E-state index contributed by atoms with van der Waals surface area (Å²) in [7, 11) is -3.38. The minimum atomic E-state index is -3.38. The summed E-state index contributed by atoms with van der Waals surface area (Å²) in [4.78, 5) is 31.4. The monoisotopic (exact) mass is 731 g/mol. The van der Waals surface area contributed by atoms with Gasteiger partial charge in [0, 0.05) is 35.5 Å². The fourth-order valence-electron chi connectivity index (χ4n) is 8.69. The Morgan fingerprint density at radius 3 is 2.47 bits per heavy atom. The third-order valence-corrected chi connectivity index (χ3v) is 13.5. The first-order chi connectivity index (χ1) is 25.6. The topological polar surface area (TPSA) is 110 Å². The Kier molecular flexibility index (Phi) is 9.00. The number of aliphatic hydroxyl groups is 1. The van der Waals surface area contributed by atoms with Crippen molar-refractivity contribution in [1.82, 2.24) is 15.0 Å². The number of carbonyl (C=O) groups excluding carboxylic acids is 2. The SMILES string of the molecule is C[C@H]1[C@H]([Si](C)(C)F)[C@@H](CCn2cc(C(CO)c3ccccc3)nn2)O[C@]12C(=O)N(Cc1cccc(N3C(=O)COc4ccccc43)c1)c1ccccc12. The predicted octanol–water partition coefficient (Wildman–Crippen LogP) is 6.87. The van der Waals surface area contributed by atoms with Crippen LogP contribution in [0.15, 0.2) is 109 Å². The Morgan fingerprint density at radius 1 is 0.962 bits per heavy atom. The van der Waals surface area contributed by atoms with E-state index in [1.165, 1.54) is 0 Å². The number of rotatable bonds is 10. The van der Waals surface area contributed by atoms with Crippen LogP contribution >= 0.6 is 0 Å². The second kappa shape index (κ2) is 13.7. The molecule has 53 heavy (non-hydrogen) atoms. The van der Waals surface area contributed by atoms with E-state index in [4.69, 9.17) is 9.47 Å². The second-order valence-electron chi connectivity index (χ2n) is 14.7. The molecule has 272 valence electrons. The number of halogens is 1. The molecule has 0 saturated carbocycles. The van der Waals surface area contributed by atoms with Gasteiger partial charge in [-0.05, 0) is 61.0 Å². The number of para-hydroxylation sites is 3. The van der Waals surface area contributed by atoms with Crippen molar-refractivity contribution in [2.75, 3.05) is 23.0 Å². The van der Waals surface area contributed by atoms with Crippen LogP contribution in [-0.2, 0) is 33.0 Å². The van der Waals surface area contributed by atoms with Gasteiger partial charge in [-0.2, -0.15) is 0 Å². The van der Waals surface area contributed by atoms with Gasteiger partial charge in [0.05, 0.1) is 42.2 Å².